The Bertz CT molecular complexity index is 1120. The second-order valence-corrected chi connectivity index (χ2v) is 10.1. The summed E-state index contributed by atoms with van der Waals surface area (Å²) in [4.78, 5) is 16.8. The summed E-state index contributed by atoms with van der Waals surface area (Å²) in [5, 5.41) is 0.489. The van der Waals surface area contributed by atoms with E-state index in [1.807, 2.05) is 11.0 Å². The van der Waals surface area contributed by atoms with Gasteiger partial charge in [0.15, 0.2) is 5.84 Å². The van der Waals surface area contributed by atoms with Crippen LogP contribution in [-0.2, 0) is 14.8 Å². The van der Waals surface area contributed by atoms with Crippen LogP contribution in [0.4, 0.5) is 5.69 Å². The molecule has 1 amide bonds. The van der Waals surface area contributed by atoms with E-state index in [1.165, 1.54) is 0 Å². The third kappa shape index (κ3) is 3.81. The van der Waals surface area contributed by atoms with Crippen LogP contribution in [0.1, 0.15) is 18.4 Å². The van der Waals surface area contributed by atoms with Crippen molar-refractivity contribution in [2.75, 3.05) is 25.0 Å². The van der Waals surface area contributed by atoms with E-state index in [1.54, 1.807) is 48.3 Å². The summed E-state index contributed by atoms with van der Waals surface area (Å²) in [6.45, 7) is 1.08. The van der Waals surface area contributed by atoms with Crippen molar-refractivity contribution in [1.82, 2.24) is 4.90 Å². The van der Waals surface area contributed by atoms with Gasteiger partial charge < -0.3 is 9.80 Å². The summed E-state index contributed by atoms with van der Waals surface area (Å²) in [6, 6.07) is 12.2. The Morgan fingerprint density at radius 3 is 2.79 bits per heavy atom. The van der Waals surface area contributed by atoms with Gasteiger partial charge in [0, 0.05) is 30.2 Å². The highest BCUT2D eigenvalue weighted by Crippen LogP contribution is 2.32. The Balaban J connectivity index is 1.57. The highest BCUT2D eigenvalue weighted by Gasteiger charge is 2.36. The van der Waals surface area contributed by atoms with Crippen LogP contribution in [0.25, 0.3) is 0 Å². The van der Waals surface area contributed by atoms with Crippen LogP contribution >= 0.6 is 27.5 Å². The fourth-order valence-electron chi connectivity index (χ4n) is 3.83. The number of hydrogen-bond acceptors (Lipinski definition) is 4. The van der Waals surface area contributed by atoms with Gasteiger partial charge in [-0.15, -0.1) is 4.40 Å². The molecular formula is C20H19BrClN3O3S. The lowest BCUT2D eigenvalue weighted by atomic mass is 9.95. The predicted octanol–water partition coefficient (Wildman–Crippen LogP) is 3.93. The molecule has 6 nitrogen and oxygen atoms in total. The number of amides is 1. The topological polar surface area (TPSA) is 70.1 Å². The van der Waals surface area contributed by atoms with Crippen LogP contribution in [-0.4, -0.2) is 45.2 Å². The number of carbonyl (C=O) groups excluding carboxylic acids is 1. The number of halogens is 2. The zero-order valence-electron chi connectivity index (χ0n) is 15.7. The summed E-state index contributed by atoms with van der Waals surface area (Å²) in [5.74, 6) is 0.114. The number of nitrogens with zero attached hydrogens (tertiary/aromatic N) is 3. The van der Waals surface area contributed by atoms with Crippen LogP contribution in [0.3, 0.4) is 0 Å². The number of piperidine rings is 1. The number of likely N-dealkylation sites (tertiary alicyclic amines) is 1. The Hall–Kier alpha value is -1.90. The second-order valence-electron chi connectivity index (χ2n) is 7.16. The van der Waals surface area contributed by atoms with Crippen molar-refractivity contribution in [3.63, 3.8) is 0 Å². The summed E-state index contributed by atoms with van der Waals surface area (Å²) < 4.78 is 29.6. The van der Waals surface area contributed by atoms with Crippen molar-refractivity contribution in [1.29, 1.82) is 0 Å². The monoisotopic (exact) mass is 495 g/mol. The first-order valence-corrected chi connectivity index (χ1v) is 11.8. The molecule has 152 valence electrons. The fourth-order valence-corrected chi connectivity index (χ4v) is 5.86. The molecule has 0 saturated carbocycles. The number of fused-ring (bicyclic) bond motifs is 1. The van der Waals surface area contributed by atoms with Crippen molar-refractivity contribution in [3.8, 4) is 0 Å². The van der Waals surface area contributed by atoms with Crippen LogP contribution in [0.5, 0.6) is 0 Å². The predicted molar refractivity (Wildman–Crippen MR) is 117 cm³/mol. The Kier molecular flexibility index (Phi) is 5.44. The molecular weight excluding hydrogens is 478 g/mol. The molecule has 0 bridgehead atoms. The van der Waals surface area contributed by atoms with Gasteiger partial charge in [0.05, 0.1) is 16.6 Å². The average Bonchev–Trinajstić information content (AvgIpc) is 2.98. The number of carbonyl (C=O) groups is 1. The molecule has 0 N–H and O–H groups in total. The van der Waals surface area contributed by atoms with E-state index in [2.05, 4.69) is 20.3 Å². The van der Waals surface area contributed by atoms with Gasteiger partial charge in [0.1, 0.15) is 4.90 Å². The molecule has 2 aromatic rings. The van der Waals surface area contributed by atoms with Gasteiger partial charge >= 0.3 is 0 Å². The number of hydrogen-bond donors (Lipinski definition) is 0. The quantitative estimate of drug-likeness (QED) is 0.632. The zero-order chi connectivity index (χ0) is 20.8. The molecule has 2 aliphatic rings. The first kappa shape index (κ1) is 20.4. The molecule has 0 aromatic heterocycles. The zero-order valence-corrected chi connectivity index (χ0v) is 18.8. The summed E-state index contributed by atoms with van der Waals surface area (Å²) in [7, 11) is -1.97. The number of benzene rings is 2. The van der Waals surface area contributed by atoms with Crippen LogP contribution in [0, 0.1) is 5.92 Å². The highest BCUT2D eigenvalue weighted by molar-refractivity contribution is 9.10. The van der Waals surface area contributed by atoms with Crippen molar-refractivity contribution >= 4 is 55.0 Å². The van der Waals surface area contributed by atoms with Crippen molar-refractivity contribution in [2.45, 2.75) is 17.7 Å². The SMILES string of the molecule is CN(C(=O)C1CCCN(C2=NS(=O)(=O)c3ccccc32)C1)c1ccc(Br)cc1Cl. The minimum absolute atomic E-state index is 0.0475. The molecule has 2 heterocycles. The van der Waals surface area contributed by atoms with E-state index < -0.39 is 10.0 Å². The number of sulfonamides is 1. The maximum absolute atomic E-state index is 13.1. The smallest absolute Gasteiger partial charge is 0.285 e. The van der Waals surface area contributed by atoms with Crippen LogP contribution in [0.2, 0.25) is 5.02 Å². The standard InChI is InChI=1S/C20H19BrClN3O3S/c1-24(17-9-8-14(21)11-16(17)22)20(26)13-5-4-10-25(12-13)19-15-6-2-3-7-18(15)29(27,28)23-19/h2-3,6-9,11,13H,4-5,10,12H2,1H3. The average molecular weight is 497 g/mol. The second kappa shape index (κ2) is 7.74. The minimum atomic E-state index is -3.68. The molecule has 29 heavy (non-hydrogen) atoms. The van der Waals surface area contributed by atoms with Crippen molar-refractivity contribution < 1.29 is 13.2 Å². The van der Waals surface area contributed by atoms with Crippen molar-refractivity contribution in [3.05, 3.63) is 57.5 Å². The first-order valence-electron chi connectivity index (χ1n) is 9.20. The number of anilines is 1. The van der Waals surface area contributed by atoms with E-state index in [-0.39, 0.29) is 16.7 Å². The normalized spacial score (nSPS) is 20.2. The Morgan fingerprint density at radius 2 is 2.03 bits per heavy atom. The van der Waals surface area contributed by atoms with E-state index in [0.717, 1.165) is 17.3 Å². The number of amidine groups is 1. The molecule has 4 rings (SSSR count). The minimum Gasteiger partial charge on any atom is -0.355 e. The lowest BCUT2D eigenvalue weighted by Crippen LogP contribution is -2.46. The lowest BCUT2D eigenvalue weighted by molar-refractivity contribution is -0.123. The van der Waals surface area contributed by atoms with Gasteiger partial charge in [-0.25, -0.2) is 0 Å². The first-order chi connectivity index (χ1) is 13.8. The molecule has 2 aliphatic heterocycles. The summed E-state index contributed by atoms with van der Waals surface area (Å²) in [6.07, 6.45) is 1.51. The molecule has 9 heteroatoms. The van der Waals surface area contributed by atoms with E-state index >= 15 is 0 Å². The third-order valence-corrected chi connectivity index (χ3v) is 7.41. The largest absolute Gasteiger partial charge is 0.355 e. The van der Waals surface area contributed by atoms with Gasteiger partial charge in [-0.2, -0.15) is 8.42 Å². The van der Waals surface area contributed by atoms with Gasteiger partial charge in [0.25, 0.3) is 10.0 Å². The van der Waals surface area contributed by atoms with Crippen LogP contribution < -0.4 is 4.90 Å². The van der Waals surface area contributed by atoms with E-state index in [9.17, 15) is 13.2 Å². The Labute approximate surface area is 183 Å². The van der Waals surface area contributed by atoms with E-state index in [0.29, 0.717) is 35.2 Å². The van der Waals surface area contributed by atoms with E-state index in [4.69, 9.17) is 11.6 Å². The summed E-state index contributed by atoms with van der Waals surface area (Å²) in [5.41, 5.74) is 1.24. The molecule has 0 spiro atoms. The fraction of sp³-hybridized carbons (Fsp3) is 0.300. The van der Waals surface area contributed by atoms with Gasteiger partial charge in [-0.05, 0) is 43.2 Å². The third-order valence-electron chi connectivity index (χ3n) is 5.28. The van der Waals surface area contributed by atoms with Gasteiger partial charge in [-0.1, -0.05) is 39.7 Å². The van der Waals surface area contributed by atoms with Crippen molar-refractivity contribution in [2.24, 2.45) is 10.3 Å². The summed E-state index contributed by atoms with van der Waals surface area (Å²) >= 11 is 9.68. The van der Waals surface area contributed by atoms with Crippen LogP contribution in [0.15, 0.2) is 56.2 Å². The molecule has 2 aromatic carbocycles. The lowest BCUT2D eigenvalue weighted by Gasteiger charge is -2.35. The maximum atomic E-state index is 13.1. The molecule has 1 unspecified atom stereocenters. The highest BCUT2D eigenvalue weighted by atomic mass is 79.9. The molecule has 0 aliphatic carbocycles. The molecule has 1 saturated heterocycles. The number of rotatable bonds is 2. The molecule has 1 fully saturated rings. The maximum Gasteiger partial charge on any atom is 0.285 e. The molecule has 0 radical (unpaired) electrons. The van der Waals surface area contributed by atoms with Gasteiger partial charge in [0.2, 0.25) is 5.91 Å². The van der Waals surface area contributed by atoms with Gasteiger partial charge in [-0.3, -0.25) is 4.79 Å². The Morgan fingerprint density at radius 1 is 1.28 bits per heavy atom. The molecule has 1 atom stereocenters.